The minimum absolute atomic E-state index is 0.645. The molecular weight excluding hydrogens is 773 g/mol. The van der Waals surface area contributed by atoms with E-state index in [0.29, 0.717) is 17.5 Å². The van der Waals surface area contributed by atoms with E-state index in [-0.39, 0.29) is 0 Å². The maximum Gasteiger partial charge on any atom is 0.164 e. The highest BCUT2D eigenvalue weighted by molar-refractivity contribution is 7.26. The van der Waals surface area contributed by atoms with Crippen molar-refractivity contribution < 1.29 is 0 Å². The van der Waals surface area contributed by atoms with E-state index in [4.69, 9.17) is 15.0 Å². The summed E-state index contributed by atoms with van der Waals surface area (Å²) in [7, 11) is 0. The highest BCUT2D eigenvalue weighted by atomic mass is 32.1. The van der Waals surface area contributed by atoms with Crippen LogP contribution in [-0.4, -0.2) is 19.5 Å². The summed E-state index contributed by atoms with van der Waals surface area (Å²) < 4.78 is 4.82. The van der Waals surface area contributed by atoms with Crippen molar-refractivity contribution in [1.29, 1.82) is 0 Å². The Kier molecular flexibility index (Phi) is 8.65. The first-order valence-corrected chi connectivity index (χ1v) is 21.7. The average Bonchev–Trinajstić information content (AvgIpc) is 3.90. The summed E-state index contributed by atoms with van der Waals surface area (Å²) in [6.07, 6.45) is 0. The number of hydrogen-bond donors (Lipinski definition) is 0. The zero-order valence-electron chi connectivity index (χ0n) is 33.5. The van der Waals surface area contributed by atoms with Gasteiger partial charge in [-0.15, -0.1) is 11.3 Å². The zero-order valence-corrected chi connectivity index (χ0v) is 34.3. The summed E-state index contributed by atoms with van der Waals surface area (Å²) in [5.41, 5.74) is 13.6. The molecule has 3 aromatic heterocycles. The monoisotopic (exact) mass is 808 g/mol. The predicted octanol–water partition coefficient (Wildman–Crippen LogP) is 15.3. The Labute approximate surface area is 362 Å². The number of hydrogen-bond acceptors (Lipinski definition) is 4. The Morgan fingerprint density at radius 1 is 0.306 bits per heavy atom. The van der Waals surface area contributed by atoms with Crippen LogP contribution < -0.4 is 0 Å². The second-order valence-electron chi connectivity index (χ2n) is 15.6. The van der Waals surface area contributed by atoms with Crippen molar-refractivity contribution in [3.63, 3.8) is 0 Å². The number of fused-ring (bicyclic) bond motifs is 6. The van der Waals surface area contributed by atoms with Crippen LogP contribution in [0.4, 0.5) is 0 Å². The van der Waals surface area contributed by atoms with Crippen LogP contribution in [0, 0.1) is 0 Å². The van der Waals surface area contributed by atoms with E-state index in [1.165, 1.54) is 69.8 Å². The van der Waals surface area contributed by atoms with E-state index in [1.54, 1.807) is 0 Å². The molecule has 0 bridgehead atoms. The van der Waals surface area contributed by atoms with Gasteiger partial charge in [0.05, 0.1) is 11.0 Å². The molecule has 0 aliphatic heterocycles. The van der Waals surface area contributed by atoms with Gasteiger partial charge in [0.1, 0.15) is 0 Å². The van der Waals surface area contributed by atoms with E-state index < -0.39 is 0 Å². The number of thiophene rings is 1. The third kappa shape index (κ3) is 6.18. The fourth-order valence-electron chi connectivity index (χ4n) is 8.91. The number of nitrogens with zero attached hydrogens (tertiary/aromatic N) is 4. The van der Waals surface area contributed by atoms with Gasteiger partial charge in [-0.2, -0.15) is 0 Å². The van der Waals surface area contributed by atoms with Crippen molar-refractivity contribution in [1.82, 2.24) is 19.5 Å². The van der Waals surface area contributed by atoms with Crippen LogP contribution >= 0.6 is 11.3 Å². The van der Waals surface area contributed by atoms with Crippen LogP contribution in [0.25, 0.3) is 115 Å². The molecule has 0 atom stereocenters. The van der Waals surface area contributed by atoms with Gasteiger partial charge in [0.15, 0.2) is 17.5 Å². The van der Waals surface area contributed by atoms with Crippen molar-refractivity contribution in [2.75, 3.05) is 0 Å². The smallest absolute Gasteiger partial charge is 0.164 e. The van der Waals surface area contributed by atoms with Gasteiger partial charge >= 0.3 is 0 Å². The summed E-state index contributed by atoms with van der Waals surface area (Å²) in [5, 5.41) is 4.95. The molecule has 0 unspecified atom stereocenters. The Morgan fingerprint density at radius 3 is 1.58 bits per heavy atom. The minimum Gasteiger partial charge on any atom is -0.309 e. The van der Waals surface area contributed by atoms with Crippen molar-refractivity contribution in [3.05, 3.63) is 218 Å². The van der Waals surface area contributed by atoms with E-state index in [9.17, 15) is 0 Å². The van der Waals surface area contributed by atoms with Crippen LogP contribution in [0.1, 0.15) is 0 Å². The summed E-state index contributed by atoms with van der Waals surface area (Å²) in [6.45, 7) is 0. The molecule has 0 amide bonds. The van der Waals surface area contributed by atoms with Crippen LogP contribution in [0.5, 0.6) is 0 Å². The van der Waals surface area contributed by atoms with Gasteiger partial charge < -0.3 is 4.57 Å². The van der Waals surface area contributed by atoms with Crippen LogP contribution in [0.3, 0.4) is 0 Å². The van der Waals surface area contributed by atoms with Gasteiger partial charge in [0.2, 0.25) is 0 Å². The van der Waals surface area contributed by atoms with Crippen molar-refractivity contribution in [3.8, 4) is 73.2 Å². The van der Waals surface area contributed by atoms with E-state index in [2.05, 4.69) is 199 Å². The van der Waals surface area contributed by atoms with Crippen LogP contribution in [0.2, 0.25) is 0 Å². The van der Waals surface area contributed by atoms with Gasteiger partial charge in [0.25, 0.3) is 0 Å². The second-order valence-corrected chi connectivity index (χ2v) is 16.6. The fraction of sp³-hybridized carbons (Fsp3) is 0. The largest absolute Gasteiger partial charge is 0.309 e. The number of benzene rings is 9. The van der Waals surface area contributed by atoms with E-state index in [1.807, 2.05) is 35.6 Å². The molecule has 0 saturated heterocycles. The summed E-state index contributed by atoms with van der Waals surface area (Å²) in [5.74, 6) is 1.94. The lowest BCUT2D eigenvalue weighted by Crippen LogP contribution is -2.00. The van der Waals surface area contributed by atoms with Gasteiger partial charge in [-0.1, -0.05) is 182 Å². The minimum atomic E-state index is 0.645. The van der Waals surface area contributed by atoms with Crippen molar-refractivity contribution in [2.24, 2.45) is 0 Å². The third-order valence-corrected chi connectivity index (χ3v) is 13.1. The molecule has 3 heterocycles. The molecule has 0 aliphatic rings. The van der Waals surface area contributed by atoms with E-state index >= 15 is 0 Å². The topological polar surface area (TPSA) is 43.6 Å². The highest BCUT2D eigenvalue weighted by Gasteiger charge is 2.19. The highest BCUT2D eigenvalue weighted by Crippen LogP contribution is 2.44. The second kappa shape index (κ2) is 14.9. The molecule has 290 valence electrons. The molecule has 9 aromatic carbocycles. The third-order valence-electron chi connectivity index (χ3n) is 11.9. The lowest BCUT2D eigenvalue weighted by molar-refractivity contribution is 1.07. The summed E-state index contributed by atoms with van der Waals surface area (Å²) >= 11 is 1.83. The first-order chi connectivity index (χ1) is 30.7. The van der Waals surface area contributed by atoms with Gasteiger partial charge in [-0.25, -0.2) is 15.0 Å². The molecule has 0 fully saturated rings. The quantitative estimate of drug-likeness (QED) is 0.161. The van der Waals surface area contributed by atoms with Crippen molar-refractivity contribution in [2.45, 2.75) is 0 Å². The maximum atomic E-state index is 5.11. The first kappa shape index (κ1) is 35.9. The molecule has 0 radical (unpaired) electrons. The average molecular weight is 809 g/mol. The summed E-state index contributed by atoms with van der Waals surface area (Å²) in [6, 6.07) is 77.5. The number of aromatic nitrogens is 4. The Balaban J connectivity index is 0.962. The molecule has 5 heteroatoms. The Morgan fingerprint density at radius 2 is 0.823 bits per heavy atom. The lowest BCUT2D eigenvalue weighted by Gasteiger charge is -2.12. The fourth-order valence-corrected chi connectivity index (χ4v) is 10.2. The van der Waals surface area contributed by atoms with Crippen LogP contribution in [0.15, 0.2) is 218 Å². The molecule has 12 aromatic rings. The number of rotatable bonds is 7. The van der Waals surface area contributed by atoms with E-state index in [0.717, 1.165) is 27.9 Å². The molecule has 0 aliphatic carbocycles. The SMILES string of the molecule is c1ccc(-c2ccc(-c3nc(-c4ccccc4)nc(-c4ccc5c(c4)sc4c(-c6ccccc6-c6ccc7c(c6)c6ccccc6n7-c6ccccc6)cccc45)n3)cc2)cc1. The zero-order chi connectivity index (χ0) is 41.0. The van der Waals surface area contributed by atoms with Crippen LogP contribution in [-0.2, 0) is 0 Å². The molecular formula is C57H36N4S. The Hall–Kier alpha value is -7.99. The summed E-state index contributed by atoms with van der Waals surface area (Å²) in [4.78, 5) is 15.2. The Bertz CT molecular complexity index is 3610. The van der Waals surface area contributed by atoms with Gasteiger partial charge in [-0.05, 0) is 64.2 Å². The first-order valence-electron chi connectivity index (χ1n) is 20.8. The lowest BCUT2D eigenvalue weighted by atomic mass is 9.93. The van der Waals surface area contributed by atoms with Crippen molar-refractivity contribution >= 4 is 53.3 Å². The van der Waals surface area contributed by atoms with Gasteiger partial charge in [-0.3, -0.25) is 0 Å². The molecule has 62 heavy (non-hydrogen) atoms. The number of para-hydroxylation sites is 2. The molecule has 0 N–H and O–H groups in total. The molecule has 4 nitrogen and oxygen atoms in total. The molecule has 12 rings (SSSR count). The molecule has 0 saturated carbocycles. The maximum absolute atomic E-state index is 5.11. The van der Waals surface area contributed by atoms with Gasteiger partial charge in [0, 0.05) is 58.9 Å². The predicted molar refractivity (Wildman–Crippen MR) is 260 cm³/mol. The standard InChI is InChI=1S/C57H36N4S/c1-4-15-37(16-5-1)38-27-29-40(30-28-38)56-58-55(39-17-6-2-7-18-39)59-57(60-56)42-31-33-47-49-25-14-24-48(54(49)62-53(47)36-42)45-22-11-10-21-44(45)41-32-34-52-50(35-41)46-23-12-13-26-51(46)61(52)43-19-8-3-9-20-43/h1-36H. The normalized spacial score (nSPS) is 11.5. The molecule has 0 spiro atoms.